The fraction of sp³-hybridized carbons (Fsp3) is 0.321. The van der Waals surface area contributed by atoms with E-state index in [0.717, 1.165) is 29.9 Å². The van der Waals surface area contributed by atoms with E-state index < -0.39 is 16.1 Å². The molecule has 1 saturated heterocycles. The van der Waals surface area contributed by atoms with E-state index in [1.807, 2.05) is 48.5 Å². The van der Waals surface area contributed by atoms with Crippen LogP contribution in [-0.4, -0.2) is 69.4 Å². The number of sulfonamides is 1. The van der Waals surface area contributed by atoms with Crippen LogP contribution in [0.4, 0.5) is 5.69 Å². The van der Waals surface area contributed by atoms with Crippen LogP contribution in [0.2, 0.25) is 0 Å². The van der Waals surface area contributed by atoms with E-state index in [4.69, 9.17) is 14.2 Å². The molecule has 2 heterocycles. The van der Waals surface area contributed by atoms with E-state index in [1.54, 1.807) is 36.1 Å². The van der Waals surface area contributed by atoms with Gasteiger partial charge in [0.25, 0.3) is 0 Å². The van der Waals surface area contributed by atoms with E-state index in [0.29, 0.717) is 43.4 Å². The summed E-state index contributed by atoms with van der Waals surface area (Å²) in [7, 11) is -3.72. The molecule has 200 valence electrons. The van der Waals surface area contributed by atoms with Gasteiger partial charge in [0.2, 0.25) is 22.7 Å². The van der Waals surface area contributed by atoms with Gasteiger partial charge in [0.05, 0.1) is 11.9 Å². The van der Waals surface area contributed by atoms with Crippen LogP contribution in [0.15, 0.2) is 72.8 Å². The maximum Gasteiger partial charge on any atom is 0.246 e. The Bertz CT molecular complexity index is 1370. The van der Waals surface area contributed by atoms with Crippen molar-refractivity contribution < 1.29 is 27.4 Å². The summed E-state index contributed by atoms with van der Waals surface area (Å²) in [4.78, 5) is 17.4. The lowest BCUT2D eigenvalue weighted by Gasteiger charge is -2.38. The molecule has 0 unspecified atom stereocenters. The topological polar surface area (TPSA) is 88.6 Å². The first-order valence-electron chi connectivity index (χ1n) is 12.5. The van der Waals surface area contributed by atoms with Gasteiger partial charge in [-0.1, -0.05) is 24.3 Å². The third kappa shape index (κ3) is 5.87. The van der Waals surface area contributed by atoms with Crippen LogP contribution in [0.3, 0.4) is 0 Å². The first-order chi connectivity index (χ1) is 18.3. The van der Waals surface area contributed by atoms with Gasteiger partial charge in [-0.05, 0) is 61.0 Å². The number of para-hydroxylation sites is 1. The molecule has 0 spiro atoms. The highest BCUT2D eigenvalue weighted by Gasteiger charge is 2.33. The Hall–Kier alpha value is -3.76. The summed E-state index contributed by atoms with van der Waals surface area (Å²) in [5.74, 6) is 2.55. The highest BCUT2D eigenvalue weighted by molar-refractivity contribution is 7.92. The van der Waals surface area contributed by atoms with E-state index >= 15 is 0 Å². The maximum atomic E-state index is 13.4. The number of rotatable bonds is 8. The number of ether oxygens (including phenoxy) is 3. The van der Waals surface area contributed by atoms with Gasteiger partial charge in [0, 0.05) is 32.7 Å². The van der Waals surface area contributed by atoms with Gasteiger partial charge in [0.15, 0.2) is 11.5 Å². The molecule has 10 heteroatoms. The molecule has 0 radical (unpaired) electrons. The van der Waals surface area contributed by atoms with Crippen LogP contribution in [-0.2, 0) is 21.4 Å². The lowest BCUT2D eigenvalue weighted by Crippen LogP contribution is -2.55. The molecule has 2 aliphatic rings. The Balaban J connectivity index is 1.21. The zero-order valence-corrected chi connectivity index (χ0v) is 22.3. The molecule has 5 rings (SSSR count). The third-order valence-electron chi connectivity index (χ3n) is 6.66. The monoisotopic (exact) mass is 537 g/mol. The van der Waals surface area contributed by atoms with Gasteiger partial charge >= 0.3 is 0 Å². The maximum absolute atomic E-state index is 13.4. The summed E-state index contributed by atoms with van der Waals surface area (Å²) in [5, 5.41) is 0. The summed E-state index contributed by atoms with van der Waals surface area (Å²) in [5.41, 5.74) is 1.53. The van der Waals surface area contributed by atoms with Gasteiger partial charge in [-0.15, -0.1) is 0 Å². The van der Waals surface area contributed by atoms with Crippen LogP contribution in [0.25, 0.3) is 0 Å². The SMILES string of the molecule is C[C@@H](C(=O)N1CCN(Cc2ccc3c(c2)OCO3)CC1)N(c1ccc(Oc2ccccc2)cc1)S(C)(=O)=O. The fourth-order valence-electron chi connectivity index (χ4n) is 4.78. The molecule has 3 aromatic rings. The zero-order chi connectivity index (χ0) is 26.7. The van der Waals surface area contributed by atoms with Gasteiger partial charge in [-0.25, -0.2) is 8.42 Å². The van der Waals surface area contributed by atoms with Gasteiger partial charge in [-0.2, -0.15) is 0 Å². The predicted octanol–water partition coefficient (Wildman–Crippen LogP) is 3.71. The Labute approximate surface area is 223 Å². The van der Waals surface area contributed by atoms with Crippen molar-refractivity contribution in [3.8, 4) is 23.0 Å². The van der Waals surface area contributed by atoms with Crippen molar-refractivity contribution >= 4 is 21.6 Å². The van der Waals surface area contributed by atoms with Crippen molar-refractivity contribution in [1.82, 2.24) is 9.80 Å². The van der Waals surface area contributed by atoms with Crippen LogP contribution < -0.4 is 18.5 Å². The van der Waals surface area contributed by atoms with E-state index in [9.17, 15) is 13.2 Å². The predicted molar refractivity (Wildman–Crippen MR) is 144 cm³/mol. The molecule has 0 aromatic heterocycles. The summed E-state index contributed by atoms with van der Waals surface area (Å²) in [6.07, 6.45) is 1.12. The first-order valence-corrected chi connectivity index (χ1v) is 14.3. The Morgan fingerprint density at radius 3 is 2.26 bits per heavy atom. The molecule has 1 atom stereocenters. The summed E-state index contributed by atoms with van der Waals surface area (Å²) < 4.78 is 43.4. The van der Waals surface area contributed by atoms with Crippen molar-refractivity contribution in [1.29, 1.82) is 0 Å². The number of carbonyl (C=O) groups is 1. The second kappa shape index (κ2) is 10.9. The molecule has 0 bridgehead atoms. The minimum absolute atomic E-state index is 0.220. The number of hydrogen-bond acceptors (Lipinski definition) is 7. The van der Waals surface area contributed by atoms with Crippen molar-refractivity contribution in [3.63, 3.8) is 0 Å². The number of benzene rings is 3. The average Bonchev–Trinajstić information content (AvgIpc) is 3.38. The first kappa shape index (κ1) is 25.9. The molecule has 0 N–H and O–H groups in total. The summed E-state index contributed by atoms with van der Waals surface area (Å²) in [6.45, 7) is 5.05. The quantitative estimate of drug-likeness (QED) is 0.433. The number of fused-ring (bicyclic) bond motifs is 1. The minimum Gasteiger partial charge on any atom is -0.457 e. The van der Waals surface area contributed by atoms with E-state index in [-0.39, 0.29) is 12.7 Å². The van der Waals surface area contributed by atoms with Crippen molar-refractivity contribution in [2.45, 2.75) is 19.5 Å². The minimum atomic E-state index is -3.72. The summed E-state index contributed by atoms with van der Waals surface area (Å²) >= 11 is 0. The van der Waals surface area contributed by atoms with Crippen LogP contribution in [0.5, 0.6) is 23.0 Å². The van der Waals surface area contributed by atoms with E-state index in [2.05, 4.69) is 4.90 Å². The van der Waals surface area contributed by atoms with Gasteiger partial charge in [-0.3, -0.25) is 14.0 Å². The molecule has 2 aliphatic heterocycles. The average molecular weight is 538 g/mol. The molecule has 0 saturated carbocycles. The number of nitrogens with zero attached hydrogens (tertiary/aromatic N) is 3. The number of hydrogen-bond donors (Lipinski definition) is 0. The van der Waals surface area contributed by atoms with Crippen LogP contribution in [0, 0.1) is 0 Å². The molecule has 1 amide bonds. The lowest BCUT2D eigenvalue weighted by atomic mass is 10.1. The second-order valence-electron chi connectivity index (χ2n) is 9.43. The number of amides is 1. The standard InChI is InChI=1S/C28H31N3O6S/c1-21(31(38(2,33)34)23-9-11-25(12-10-23)37-24-6-4-3-5-7-24)28(32)30-16-14-29(15-17-30)19-22-8-13-26-27(18-22)36-20-35-26/h3-13,18,21H,14-17,19-20H2,1-2H3/t21-/m0/s1. The molecule has 0 aliphatic carbocycles. The number of piperazine rings is 1. The second-order valence-corrected chi connectivity index (χ2v) is 11.3. The summed E-state index contributed by atoms with van der Waals surface area (Å²) in [6, 6.07) is 21.1. The Morgan fingerprint density at radius 1 is 0.921 bits per heavy atom. The number of carbonyl (C=O) groups excluding carboxylic acids is 1. The highest BCUT2D eigenvalue weighted by Crippen LogP contribution is 2.33. The smallest absolute Gasteiger partial charge is 0.246 e. The zero-order valence-electron chi connectivity index (χ0n) is 21.4. The largest absolute Gasteiger partial charge is 0.457 e. The lowest BCUT2D eigenvalue weighted by molar-refractivity contribution is -0.133. The van der Waals surface area contributed by atoms with Gasteiger partial charge in [0.1, 0.15) is 17.5 Å². The third-order valence-corrected chi connectivity index (χ3v) is 7.91. The molecular weight excluding hydrogens is 506 g/mol. The Kier molecular flexibility index (Phi) is 7.44. The molecule has 3 aromatic carbocycles. The highest BCUT2D eigenvalue weighted by atomic mass is 32.2. The van der Waals surface area contributed by atoms with Crippen molar-refractivity contribution in [2.75, 3.05) is 43.5 Å². The Morgan fingerprint density at radius 2 is 1.58 bits per heavy atom. The molecule has 1 fully saturated rings. The van der Waals surface area contributed by atoms with Gasteiger partial charge < -0.3 is 19.1 Å². The van der Waals surface area contributed by atoms with Crippen molar-refractivity contribution in [2.24, 2.45) is 0 Å². The van der Waals surface area contributed by atoms with Crippen LogP contribution in [0.1, 0.15) is 12.5 Å². The van der Waals surface area contributed by atoms with Crippen molar-refractivity contribution in [3.05, 3.63) is 78.4 Å². The molecule has 9 nitrogen and oxygen atoms in total. The molecule has 38 heavy (non-hydrogen) atoms. The molecular formula is C28H31N3O6S. The fourth-order valence-corrected chi connectivity index (χ4v) is 5.95. The van der Waals surface area contributed by atoms with E-state index in [1.165, 1.54) is 4.31 Å². The van der Waals surface area contributed by atoms with Crippen LogP contribution >= 0.6 is 0 Å². The normalized spacial score (nSPS) is 16.2. The number of anilines is 1.